The number of aromatic nitrogens is 1. The van der Waals surface area contributed by atoms with Crippen molar-refractivity contribution >= 4 is 23.2 Å². The Kier molecular flexibility index (Phi) is 3.19. The van der Waals surface area contributed by atoms with Crippen molar-refractivity contribution in [2.24, 2.45) is 0 Å². The summed E-state index contributed by atoms with van der Waals surface area (Å²) in [5.74, 6) is 0. The van der Waals surface area contributed by atoms with Crippen LogP contribution in [0.5, 0.6) is 0 Å². The van der Waals surface area contributed by atoms with Crippen molar-refractivity contribution in [3.8, 4) is 17.3 Å². The fourth-order valence-corrected chi connectivity index (χ4v) is 1.83. The summed E-state index contributed by atoms with van der Waals surface area (Å²) >= 11 is 11.9. The van der Waals surface area contributed by atoms with Gasteiger partial charge < -0.3 is 4.98 Å². The van der Waals surface area contributed by atoms with Gasteiger partial charge in [0.05, 0.1) is 10.0 Å². The molecule has 0 radical (unpaired) electrons. The summed E-state index contributed by atoms with van der Waals surface area (Å²) in [5.41, 5.74) is 0.773. The zero-order chi connectivity index (χ0) is 12.4. The normalized spacial score (nSPS) is 9.94. The van der Waals surface area contributed by atoms with E-state index in [0.717, 1.165) is 0 Å². The SMILES string of the molecule is N#Cc1ccc(-c2cccc(Cl)c2Cl)[nH]c1=O. The lowest BCUT2D eigenvalue weighted by atomic mass is 10.1. The number of halogens is 2. The maximum absolute atomic E-state index is 11.5. The van der Waals surface area contributed by atoms with E-state index in [4.69, 9.17) is 28.5 Å². The second-order valence-electron chi connectivity index (χ2n) is 3.33. The third-order valence-corrected chi connectivity index (χ3v) is 3.09. The van der Waals surface area contributed by atoms with Crippen LogP contribution in [0.2, 0.25) is 10.0 Å². The number of H-pyrrole nitrogens is 1. The van der Waals surface area contributed by atoms with Gasteiger partial charge in [0.2, 0.25) is 0 Å². The smallest absolute Gasteiger partial charge is 0.266 e. The third kappa shape index (κ3) is 2.19. The molecule has 0 saturated heterocycles. The molecule has 3 nitrogen and oxygen atoms in total. The Labute approximate surface area is 107 Å². The maximum atomic E-state index is 11.5. The minimum absolute atomic E-state index is 0.0619. The molecule has 2 aromatic rings. The summed E-state index contributed by atoms with van der Waals surface area (Å²) in [6.07, 6.45) is 0. The van der Waals surface area contributed by atoms with Gasteiger partial charge >= 0.3 is 0 Å². The van der Waals surface area contributed by atoms with Crippen molar-refractivity contribution in [2.45, 2.75) is 0 Å². The molecule has 0 saturated carbocycles. The topological polar surface area (TPSA) is 56.6 Å². The molecule has 1 heterocycles. The highest BCUT2D eigenvalue weighted by Gasteiger charge is 2.08. The highest BCUT2D eigenvalue weighted by atomic mass is 35.5. The summed E-state index contributed by atoms with van der Waals surface area (Å²) in [4.78, 5) is 14.1. The average molecular weight is 265 g/mol. The Bertz CT molecular complexity index is 671. The predicted octanol–water partition coefficient (Wildman–Crippen LogP) is 3.22. The Balaban J connectivity index is 2.63. The standard InChI is InChI=1S/C12H6Cl2N2O/c13-9-3-1-2-8(11(9)14)10-5-4-7(6-15)12(17)16-10/h1-5H,(H,16,17). The minimum atomic E-state index is -0.443. The first-order chi connectivity index (χ1) is 8.13. The average Bonchev–Trinajstić information content (AvgIpc) is 2.32. The summed E-state index contributed by atoms with van der Waals surface area (Å²) in [6, 6.07) is 10.0. The molecule has 5 heteroatoms. The van der Waals surface area contributed by atoms with Crippen molar-refractivity contribution in [1.29, 1.82) is 5.26 Å². The van der Waals surface area contributed by atoms with Gasteiger partial charge in [-0.25, -0.2) is 0 Å². The van der Waals surface area contributed by atoms with E-state index in [1.165, 1.54) is 6.07 Å². The van der Waals surface area contributed by atoms with Gasteiger partial charge in [-0.2, -0.15) is 5.26 Å². The van der Waals surface area contributed by atoms with E-state index in [2.05, 4.69) is 4.98 Å². The van der Waals surface area contributed by atoms with Crippen LogP contribution >= 0.6 is 23.2 Å². The van der Waals surface area contributed by atoms with Crippen LogP contribution in [0.4, 0.5) is 0 Å². The van der Waals surface area contributed by atoms with E-state index in [-0.39, 0.29) is 5.56 Å². The van der Waals surface area contributed by atoms with Crippen molar-refractivity contribution in [3.63, 3.8) is 0 Å². The second kappa shape index (κ2) is 4.62. The van der Waals surface area contributed by atoms with Gasteiger partial charge in [-0.1, -0.05) is 35.3 Å². The molecule has 0 fully saturated rings. The van der Waals surface area contributed by atoms with Gasteiger partial charge in [0, 0.05) is 11.3 Å². The van der Waals surface area contributed by atoms with Crippen LogP contribution in [0.1, 0.15) is 5.56 Å². The van der Waals surface area contributed by atoms with E-state index in [9.17, 15) is 4.79 Å². The van der Waals surface area contributed by atoms with Crippen molar-refractivity contribution in [1.82, 2.24) is 4.98 Å². The van der Waals surface area contributed by atoms with Gasteiger partial charge in [0.15, 0.2) is 0 Å². The number of nitrogens with one attached hydrogen (secondary N) is 1. The lowest BCUT2D eigenvalue weighted by Crippen LogP contribution is -2.10. The van der Waals surface area contributed by atoms with Crippen LogP contribution < -0.4 is 5.56 Å². The van der Waals surface area contributed by atoms with Crippen LogP contribution in [0.25, 0.3) is 11.3 Å². The molecule has 2 rings (SSSR count). The molecular formula is C12H6Cl2N2O. The summed E-state index contributed by atoms with van der Waals surface area (Å²) in [5, 5.41) is 9.44. The van der Waals surface area contributed by atoms with Gasteiger partial charge in [-0.05, 0) is 18.2 Å². The Morgan fingerprint density at radius 3 is 2.59 bits per heavy atom. The first kappa shape index (κ1) is 11.7. The fraction of sp³-hybridized carbons (Fsp3) is 0. The highest BCUT2D eigenvalue weighted by molar-refractivity contribution is 6.43. The highest BCUT2D eigenvalue weighted by Crippen LogP contribution is 2.31. The number of hydrogen-bond donors (Lipinski definition) is 1. The van der Waals surface area contributed by atoms with Crippen molar-refractivity contribution < 1.29 is 0 Å². The van der Waals surface area contributed by atoms with Gasteiger partial charge in [0.25, 0.3) is 5.56 Å². The molecule has 0 aliphatic rings. The number of benzene rings is 1. The minimum Gasteiger partial charge on any atom is -0.321 e. The third-order valence-electron chi connectivity index (χ3n) is 2.27. The molecule has 0 aliphatic heterocycles. The molecule has 1 N–H and O–H groups in total. The largest absolute Gasteiger partial charge is 0.321 e. The molecule has 1 aromatic carbocycles. The monoisotopic (exact) mass is 264 g/mol. The lowest BCUT2D eigenvalue weighted by molar-refractivity contribution is 1.22. The maximum Gasteiger partial charge on any atom is 0.266 e. The Hall–Kier alpha value is -1.76. The Morgan fingerprint density at radius 2 is 1.94 bits per heavy atom. The number of nitrogens with zero attached hydrogens (tertiary/aromatic N) is 1. The number of nitriles is 1. The van der Waals surface area contributed by atoms with Crippen LogP contribution in [0, 0.1) is 11.3 Å². The molecule has 0 unspecified atom stereocenters. The fourth-order valence-electron chi connectivity index (χ4n) is 1.43. The van der Waals surface area contributed by atoms with Crippen LogP contribution in [-0.4, -0.2) is 4.98 Å². The van der Waals surface area contributed by atoms with Crippen LogP contribution in [0.15, 0.2) is 35.1 Å². The van der Waals surface area contributed by atoms with E-state index < -0.39 is 5.56 Å². The molecule has 84 valence electrons. The molecular weight excluding hydrogens is 259 g/mol. The van der Waals surface area contributed by atoms with E-state index in [1.807, 2.05) is 0 Å². The second-order valence-corrected chi connectivity index (χ2v) is 4.11. The molecule has 0 spiro atoms. The number of pyridine rings is 1. The molecule has 1 aromatic heterocycles. The summed E-state index contributed by atoms with van der Waals surface area (Å²) in [6.45, 7) is 0. The summed E-state index contributed by atoms with van der Waals surface area (Å²) < 4.78 is 0. The first-order valence-corrected chi connectivity index (χ1v) is 5.47. The van der Waals surface area contributed by atoms with Crippen molar-refractivity contribution in [2.75, 3.05) is 0 Å². The van der Waals surface area contributed by atoms with Gasteiger partial charge in [-0.3, -0.25) is 4.79 Å². The van der Waals surface area contributed by atoms with E-state index >= 15 is 0 Å². The van der Waals surface area contributed by atoms with Gasteiger partial charge in [0.1, 0.15) is 11.6 Å². The Morgan fingerprint density at radius 1 is 1.18 bits per heavy atom. The quantitative estimate of drug-likeness (QED) is 0.860. The van der Waals surface area contributed by atoms with Gasteiger partial charge in [-0.15, -0.1) is 0 Å². The van der Waals surface area contributed by atoms with E-state index in [0.29, 0.717) is 21.3 Å². The van der Waals surface area contributed by atoms with Crippen LogP contribution in [-0.2, 0) is 0 Å². The summed E-state index contributed by atoms with van der Waals surface area (Å²) in [7, 11) is 0. The van der Waals surface area contributed by atoms with Crippen LogP contribution in [0.3, 0.4) is 0 Å². The molecule has 17 heavy (non-hydrogen) atoms. The molecule has 0 atom stereocenters. The first-order valence-electron chi connectivity index (χ1n) is 4.71. The molecule has 0 amide bonds. The predicted molar refractivity (Wildman–Crippen MR) is 67.2 cm³/mol. The lowest BCUT2D eigenvalue weighted by Gasteiger charge is -2.05. The molecule has 0 aliphatic carbocycles. The van der Waals surface area contributed by atoms with E-state index in [1.54, 1.807) is 30.3 Å². The van der Waals surface area contributed by atoms with Crippen molar-refractivity contribution in [3.05, 3.63) is 56.3 Å². The zero-order valence-electron chi connectivity index (χ0n) is 8.50. The zero-order valence-corrected chi connectivity index (χ0v) is 10.0. The number of rotatable bonds is 1. The number of hydrogen-bond acceptors (Lipinski definition) is 2. The molecule has 0 bridgehead atoms. The number of aromatic amines is 1.